The molecule has 0 heterocycles. The molecule has 1 rings (SSSR count). The summed E-state index contributed by atoms with van der Waals surface area (Å²) < 4.78 is 55.0. The zero-order chi connectivity index (χ0) is 42.7. The minimum absolute atomic E-state index is 0.00333. The van der Waals surface area contributed by atoms with Crippen molar-refractivity contribution in [3.8, 4) is 37.0 Å². The average molecular weight is 841 g/mol. The van der Waals surface area contributed by atoms with Gasteiger partial charge in [0, 0.05) is 64.1 Å². The summed E-state index contributed by atoms with van der Waals surface area (Å²) in [6, 6.07) is 0. The van der Waals surface area contributed by atoms with E-state index >= 15 is 0 Å². The van der Waals surface area contributed by atoms with E-state index in [1.807, 2.05) is 0 Å². The predicted octanol–water partition coefficient (Wildman–Crippen LogP) is 1.57. The summed E-state index contributed by atoms with van der Waals surface area (Å²) in [5.41, 5.74) is -1.10. The standard InChI is InChI=1S/C40H65N4O13P/c1-6-22-51-28-31-54-25-19-41-36(45)13-16-40(17-14-37(46)42-20-26-55-32-29-52-23-7-2,18-15-38(47)43-21-27-56-33-30-53-24-8-3)44-39(48)34-9-11-35(12-10-34)57-58(5,49)50-4/h1-3,34-35H,9-33H2,4-5H3,(H,41,45)(H,42,46)(H,43,47)(H,44,48)/t34-,35-,58?. The molecule has 4 N–H and O–H groups in total. The van der Waals surface area contributed by atoms with Crippen LogP contribution in [0.1, 0.15) is 64.2 Å². The summed E-state index contributed by atoms with van der Waals surface area (Å²) in [5.74, 6) is 5.60. The Balaban J connectivity index is 3.03. The zero-order valence-corrected chi connectivity index (χ0v) is 35.2. The summed E-state index contributed by atoms with van der Waals surface area (Å²) in [5, 5.41) is 11.7. The van der Waals surface area contributed by atoms with Crippen molar-refractivity contribution < 1.29 is 61.2 Å². The highest BCUT2D eigenvalue weighted by atomic mass is 31.2. The fraction of sp³-hybridized carbons (Fsp3) is 0.750. The van der Waals surface area contributed by atoms with E-state index in [1.165, 1.54) is 13.8 Å². The summed E-state index contributed by atoms with van der Waals surface area (Å²) in [6.45, 7) is 5.37. The maximum absolute atomic E-state index is 14.0. The Morgan fingerprint density at radius 3 is 1.31 bits per heavy atom. The molecule has 18 heteroatoms. The third kappa shape index (κ3) is 27.2. The minimum atomic E-state index is -3.20. The third-order valence-electron chi connectivity index (χ3n) is 8.98. The highest BCUT2D eigenvalue weighted by Gasteiger charge is 2.37. The first kappa shape index (κ1) is 52.5. The van der Waals surface area contributed by atoms with Crippen LogP contribution in [-0.4, -0.2) is 148 Å². The van der Waals surface area contributed by atoms with Crippen LogP contribution in [0.2, 0.25) is 0 Å². The second-order valence-electron chi connectivity index (χ2n) is 13.5. The van der Waals surface area contributed by atoms with Gasteiger partial charge in [0.1, 0.15) is 19.8 Å². The van der Waals surface area contributed by atoms with Crippen LogP contribution < -0.4 is 21.3 Å². The molecule has 17 nitrogen and oxygen atoms in total. The number of hydrogen-bond donors (Lipinski definition) is 4. The van der Waals surface area contributed by atoms with Gasteiger partial charge in [-0.05, 0) is 44.9 Å². The van der Waals surface area contributed by atoms with Gasteiger partial charge >= 0.3 is 7.60 Å². The lowest BCUT2D eigenvalue weighted by Crippen LogP contribution is -2.52. The van der Waals surface area contributed by atoms with Crippen molar-refractivity contribution in [3.05, 3.63) is 0 Å². The molecule has 0 aliphatic heterocycles. The number of carbonyl (C=O) groups excluding carboxylic acids is 4. The molecule has 0 aromatic heterocycles. The second kappa shape index (κ2) is 33.3. The van der Waals surface area contributed by atoms with Crippen molar-refractivity contribution in [2.24, 2.45) is 5.92 Å². The monoisotopic (exact) mass is 840 g/mol. The van der Waals surface area contributed by atoms with Crippen LogP contribution in [0.15, 0.2) is 0 Å². The smallest absolute Gasteiger partial charge is 0.327 e. The first-order valence-corrected chi connectivity index (χ1v) is 21.7. The first-order chi connectivity index (χ1) is 28.0. The molecule has 4 amide bonds. The molecular formula is C40H65N4O13P. The predicted molar refractivity (Wildman–Crippen MR) is 216 cm³/mol. The van der Waals surface area contributed by atoms with E-state index in [0.29, 0.717) is 65.3 Å². The molecule has 0 radical (unpaired) electrons. The van der Waals surface area contributed by atoms with Crippen molar-refractivity contribution in [3.63, 3.8) is 0 Å². The van der Waals surface area contributed by atoms with E-state index in [0.717, 1.165) is 0 Å². The highest BCUT2D eigenvalue weighted by molar-refractivity contribution is 7.52. The quantitative estimate of drug-likeness (QED) is 0.0407. The number of nitrogens with one attached hydrogen (secondary N) is 4. The van der Waals surface area contributed by atoms with Gasteiger partial charge in [-0.2, -0.15) is 0 Å². The largest absolute Gasteiger partial charge is 0.377 e. The molecule has 1 saturated carbocycles. The van der Waals surface area contributed by atoms with E-state index < -0.39 is 19.1 Å². The Hall–Kier alpha value is -3.53. The minimum Gasteiger partial charge on any atom is -0.377 e. The van der Waals surface area contributed by atoms with Gasteiger partial charge in [0.15, 0.2) is 0 Å². The Morgan fingerprint density at radius 2 is 0.966 bits per heavy atom. The molecule has 0 bridgehead atoms. The molecule has 1 aliphatic carbocycles. The Labute approximate surface area is 344 Å². The molecule has 0 aromatic rings. The molecule has 1 atom stereocenters. The molecule has 0 aromatic carbocycles. The van der Waals surface area contributed by atoms with Crippen LogP contribution >= 0.6 is 7.60 Å². The van der Waals surface area contributed by atoms with Gasteiger partial charge in [0.25, 0.3) is 0 Å². The lowest BCUT2D eigenvalue weighted by atomic mass is 9.81. The lowest BCUT2D eigenvalue weighted by Gasteiger charge is -2.37. The number of hydrogen-bond acceptors (Lipinski definition) is 13. The van der Waals surface area contributed by atoms with Crippen LogP contribution in [0.4, 0.5) is 0 Å². The summed E-state index contributed by atoms with van der Waals surface area (Å²) in [4.78, 5) is 53.2. The van der Waals surface area contributed by atoms with Gasteiger partial charge < -0.3 is 58.7 Å². The highest BCUT2D eigenvalue weighted by Crippen LogP contribution is 2.46. The summed E-state index contributed by atoms with van der Waals surface area (Å²) in [6.07, 6.45) is 17.6. The van der Waals surface area contributed by atoms with Gasteiger partial charge in [-0.25, -0.2) is 0 Å². The third-order valence-corrected chi connectivity index (χ3v) is 10.3. The molecule has 328 valence electrons. The summed E-state index contributed by atoms with van der Waals surface area (Å²) in [7, 11) is -1.88. The molecular weight excluding hydrogens is 775 g/mol. The first-order valence-electron chi connectivity index (χ1n) is 19.7. The van der Waals surface area contributed by atoms with Gasteiger partial charge in [0.05, 0.1) is 65.6 Å². The lowest BCUT2D eigenvalue weighted by molar-refractivity contribution is -0.131. The van der Waals surface area contributed by atoms with Gasteiger partial charge in [-0.3, -0.25) is 23.7 Å². The topological polar surface area (TPSA) is 207 Å². The molecule has 1 fully saturated rings. The Kier molecular flexibility index (Phi) is 30.2. The van der Waals surface area contributed by atoms with E-state index in [9.17, 15) is 23.7 Å². The van der Waals surface area contributed by atoms with Crippen molar-refractivity contribution in [1.82, 2.24) is 21.3 Å². The van der Waals surface area contributed by atoms with Crippen molar-refractivity contribution in [2.75, 3.05) is 113 Å². The second-order valence-corrected chi connectivity index (χ2v) is 15.6. The number of terminal acetylenes is 3. The van der Waals surface area contributed by atoms with Gasteiger partial charge in [-0.1, -0.05) is 17.8 Å². The normalized spacial score (nSPS) is 16.2. The molecule has 1 aliphatic rings. The van der Waals surface area contributed by atoms with E-state index in [4.69, 9.17) is 56.7 Å². The molecule has 0 saturated heterocycles. The average Bonchev–Trinajstić information content (AvgIpc) is 3.21. The van der Waals surface area contributed by atoms with Gasteiger partial charge in [-0.15, -0.1) is 19.3 Å². The van der Waals surface area contributed by atoms with Crippen molar-refractivity contribution in [1.29, 1.82) is 0 Å². The zero-order valence-electron chi connectivity index (χ0n) is 34.3. The molecule has 0 spiro atoms. The van der Waals surface area contributed by atoms with Crippen LogP contribution in [0.5, 0.6) is 0 Å². The number of amides is 4. The van der Waals surface area contributed by atoms with Crippen LogP contribution in [-0.2, 0) is 61.2 Å². The van der Waals surface area contributed by atoms with Gasteiger partial charge in [0.2, 0.25) is 23.6 Å². The Bertz CT molecular complexity index is 1240. The number of ether oxygens (including phenoxy) is 6. The fourth-order valence-corrected chi connectivity index (χ4v) is 6.67. The van der Waals surface area contributed by atoms with Crippen LogP contribution in [0.25, 0.3) is 0 Å². The number of carbonyl (C=O) groups is 4. The van der Waals surface area contributed by atoms with E-state index in [-0.39, 0.29) is 128 Å². The Morgan fingerprint density at radius 1 is 0.603 bits per heavy atom. The maximum Gasteiger partial charge on any atom is 0.327 e. The number of rotatable bonds is 35. The molecule has 1 unspecified atom stereocenters. The molecule has 58 heavy (non-hydrogen) atoms. The summed E-state index contributed by atoms with van der Waals surface area (Å²) >= 11 is 0. The van der Waals surface area contributed by atoms with Crippen molar-refractivity contribution in [2.45, 2.75) is 75.9 Å². The van der Waals surface area contributed by atoms with Crippen molar-refractivity contribution >= 4 is 31.2 Å². The van der Waals surface area contributed by atoms with Crippen LogP contribution in [0.3, 0.4) is 0 Å². The fourth-order valence-electron chi connectivity index (χ4n) is 5.83. The van der Waals surface area contributed by atoms with E-state index in [1.54, 1.807) is 0 Å². The SMILES string of the molecule is C#CCOCCOCCNC(=O)CCC(CCC(=O)NCCOCCOCC#C)(CCC(=O)NCCOCCOCC#C)NC(=O)[C@H]1CC[C@H](OP(C)(=O)OC)CC1. The van der Waals surface area contributed by atoms with Crippen LogP contribution in [0, 0.1) is 42.9 Å². The van der Waals surface area contributed by atoms with E-state index in [2.05, 4.69) is 39.0 Å². The maximum atomic E-state index is 14.0.